The van der Waals surface area contributed by atoms with Crippen molar-refractivity contribution in [3.63, 3.8) is 0 Å². The maximum Gasteiger partial charge on any atom is 0.163 e. The molecule has 0 spiro atoms. The third-order valence-electron chi connectivity index (χ3n) is 2.99. The molecule has 1 aromatic rings. The zero-order valence-electron chi connectivity index (χ0n) is 10.1. The van der Waals surface area contributed by atoms with Crippen LogP contribution in [0.1, 0.15) is 42.6 Å². The van der Waals surface area contributed by atoms with Gasteiger partial charge in [-0.15, -0.1) is 0 Å². The number of ketones is 1. The largest absolute Gasteiger partial charge is 0.294 e. The van der Waals surface area contributed by atoms with Crippen LogP contribution in [0.3, 0.4) is 0 Å². The molecule has 0 atom stereocenters. The highest BCUT2D eigenvalue weighted by Crippen LogP contribution is 2.31. The maximum absolute atomic E-state index is 11.9. The second-order valence-corrected chi connectivity index (χ2v) is 4.72. The molecule has 0 N–H and O–H groups in total. The summed E-state index contributed by atoms with van der Waals surface area (Å²) >= 11 is 5.97. The minimum atomic E-state index is 0.146. The zero-order valence-corrected chi connectivity index (χ0v) is 10.8. The third kappa shape index (κ3) is 2.50. The molecule has 0 aliphatic heterocycles. The molecular weight excluding hydrogens is 232 g/mol. The molecule has 1 aliphatic carbocycles. The molecule has 0 amide bonds. The second-order valence-electron chi connectivity index (χ2n) is 4.29. The van der Waals surface area contributed by atoms with Crippen LogP contribution in [-0.4, -0.2) is 5.78 Å². The standard InChI is InChI=1S/C15H15ClO/c1-3-15(17)14-9-12(16)6-7-13(14)11-5-4-10(2)8-11/h4,6-9H,3,5H2,1-2H3. The van der Waals surface area contributed by atoms with Gasteiger partial charge in [0, 0.05) is 17.0 Å². The van der Waals surface area contributed by atoms with Crippen LogP contribution in [0.2, 0.25) is 5.02 Å². The summed E-state index contributed by atoms with van der Waals surface area (Å²) in [6.07, 6.45) is 5.71. The Bertz CT molecular complexity index is 524. The molecule has 0 saturated carbocycles. The van der Waals surface area contributed by atoms with E-state index in [4.69, 9.17) is 11.6 Å². The maximum atomic E-state index is 11.9. The van der Waals surface area contributed by atoms with Gasteiger partial charge in [-0.2, -0.15) is 0 Å². The SMILES string of the molecule is CCC(=O)c1cc(Cl)ccc1C1=CC(C)=CC1. The number of carbonyl (C=O) groups is 1. The van der Waals surface area contributed by atoms with Crippen molar-refractivity contribution in [2.45, 2.75) is 26.7 Å². The van der Waals surface area contributed by atoms with E-state index in [1.807, 2.05) is 19.1 Å². The first-order valence-electron chi connectivity index (χ1n) is 5.82. The van der Waals surface area contributed by atoms with Crippen molar-refractivity contribution in [1.29, 1.82) is 0 Å². The summed E-state index contributed by atoms with van der Waals surface area (Å²) in [7, 11) is 0. The highest BCUT2D eigenvalue weighted by atomic mass is 35.5. The summed E-state index contributed by atoms with van der Waals surface area (Å²) in [6.45, 7) is 3.95. The van der Waals surface area contributed by atoms with Crippen LogP contribution >= 0.6 is 11.6 Å². The molecule has 0 saturated heterocycles. The Labute approximate surface area is 107 Å². The zero-order chi connectivity index (χ0) is 12.4. The van der Waals surface area contributed by atoms with E-state index in [-0.39, 0.29) is 5.78 Å². The number of Topliss-reactive ketones (excluding diaryl/α,β-unsaturated/α-hetero) is 1. The first-order valence-corrected chi connectivity index (χ1v) is 6.20. The van der Waals surface area contributed by atoms with Crippen LogP contribution in [0.25, 0.3) is 5.57 Å². The molecule has 0 bridgehead atoms. The summed E-state index contributed by atoms with van der Waals surface area (Å²) in [5.74, 6) is 0.146. The van der Waals surface area contributed by atoms with E-state index < -0.39 is 0 Å². The van der Waals surface area contributed by atoms with Crippen molar-refractivity contribution in [2.75, 3.05) is 0 Å². The van der Waals surface area contributed by atoms with Gasteiger partial charge in [-0.3, -0.25) is 4.79 Å². The van der Waals surface area contributed by atoms with Gasteiger partial charge in [-0.25, -0.2) is 0 Å². The molecule has 0 fully saturated rings. The lowest BCUT2D eigenvalue weighted by Crippen LogP contribution is -2.01. The van der Waals surface area contributed by atoms with Gasteiger partial charge >= 0.3 is 0 Å². The summed E-state index contributed by atoms with van der Waals surface area (Å²) in [4.78, 5) is 11.9. The van der Waals surface area contributed by atoms with Gasteiger partial charge < -0.3 is 0 Å². The Hall–Kier alpha value is -1.34. The molecule has 0 unspecified atom stereocenters. The van der Waals surface area contributed by atoms with E-state index in [1.54, 1.807) is 6.07 Å². The molecule has 2 rings (SSSR count). The Kier molecular flexibility index (Phi) is 3.49. The number of rotatable bonds is 3. The van der Waals surface area contributed by atoms with Gasteiger partial charge in [0.25, 0.3) is 0 Å². The van der Waals surface area contributed by atoms with Crippen LogP contribution in [0.4, 0.5) is 0 Å². The average Bonchev–Trinajstić information content (AvgIpc) is 2.74. The van der Waals surface area contributed by atoms with Crippen LogP contribution in [0, 0.1) is 0 Å². The molecule has 0 aromatic heterocycles. The minimum absolute atomic E-state index is 0.146. The van der Waals surface area contributed by atoms with E-state index in [2.05, 4.69) is 19.1 Å². The van der Waals surface area contributed by atoms with Crippen molar-refractivity contribution in [3.8, 4) is 0 Å². The third-order valence-corrected chi connectivity index (χ3v) is 3.23. The molecule has 1 aliphatic rings. The molecule has 17 heavy (non-hydrogen) atoms. The summed E-state index contributed by atoms with van der Waals surface area (Å²) in [6, 6.07) is 5.57. The number of hydrogen-bond donors (Lipinski definition) is 0. The molecule has 1 nitrogen and oxygen atoms in total. The first kappa shape index (κ1) is 12.1. The number of hydrogen-bond acceptors (Lipinski definition) is 1. The Morgan fingerprint density at radius 3 is 2.76 bits per heavy atom. The van der Waals surface area contributed by atoms with Gasteiger partial charge in [0.05, 0.1) is 0 Å². The number of allylic oxidation sites excluding steroid dienone is 4. The average molecular weight is 247 g/mol. The lowest BCUT2D eigenvalue weighted by Gasteiger charge is -2.09. The predicted molar refractivity (Wildman–Crippen MR) is 72.4 cm³/mol. The topological polar surface area (TPSA) is 17.1 Å². The highest BCUT2D eigenvalue weighted by Gasteiger charge is 2.15. The van der Waals surface area contributed by atoms with Crippen molar-refractivity contribution in [2.24, 2.45) is 0 Å². The normalized spacial score (nSPS) is 14.5. The fourth-order valence-electron chi connectivity index (χ4n) is 2.07. The number of carbonyl (C=O) groups excluding carboxylic acids is 1. The number of halogens is 1. The van der Waals surface area contributed by atoms with Crippen molar-refractivity contribution in [1.82, 2.24) is 0 Å². The molecule has 2 heteroatoms. The van der Waals surface area contributed by atoms with Gasteiger partial charge in [0.2, 0.25) is 0 Å². The van der Waals surface area contributed by atoms with Crippen molar-refractivity contribution >= 4 is 23.0 Å². The van der Waals surface area contributed by atoms with Crippen molar-refractivity contribution in [3.05, 3.63) is 52.1 Å². The predicted octanol–water partition coefficient (Wildman–Crippen LogP) is 4.67. The fourth-order valence-corrected chi connectivity index (χ4v) is 2.24. The highest BCUT2D eigenvalue weighted by molar-refractivity contribution is 6.31. The van der Waals surface area contributed by atoms with E-state index >= 15 is 0 Å². The molecule has 0 radical (unpaired) electrons. The quantitative estimate of drug-likeness (QED) is 0.709. The molecule has 1 aromatic carbocycles. The first-order chi connectivity index (χ1) is 8.11. The van der Waals surface area contributed by atoms with E-state index in [1.165, 1.54) is 11.1 Å². The van der Waals surface area contributed by atoms with Gasteiger partial charge in [0.15, 0.2) is 5.78 Å². The number of benzene rings is 1. The lowest BCUT2D eigenvalue weighted by atomic mass is 9.95. The minimum Gasteiger partial charge on any atom is -0.294 e. The monoisotopic (exact) mass is 246 g/mol. The summed E-state index contributed by atoms with van der Waals surface area (Å²) in [5, 5.41) is 0.619. The van der Waals surface area contributed by atoms with E-state index in [0.29, 0.717) is 11.4 Å². The van der Waals surface area contributed by atoms with Crippen LogP contribution < -0.4 is 0 Å². The Morgan fingerprint density at radius 2 is 2.18 bits per heavy atom. The van der Waals surface area contributed by atoms with E-state index in [9.17, 15) is 4.79 Å². The van der Waals surface area contributed by atoms with Crippen molar-refractivity contribution < 1.29 is 4.79 Å². The van der Waals surface area contributed by atoms with Gasteiger partial charge in [-0.1, -0.05) is 42.3 Å². The lowest BCUT2D eigenvalue weighted by molar-refractivity contribution is 0.0988. The van der Waals surface area contributed by atoms with Crippen LogP contribution in [0.15, 0.2) is 35.9 Å². The van der Waals surface area contributed by atoms with Crippen LogP contribution in [0.5, 0.6) is 0 Å². The summed E-state index contributed by atoms with van der Waals surface area (Å²) < 4.78 is 0. The van der Waals surface area contributed by atoms with Gasteiger partial charge in [-0.05, 0) is 36.6 Å². The Balaban J connectivity index is 2.47. The second kappa shape index (κ2) is 4.89. The summed E-state index contributed by atoms with van der Waals surface area (Å²) in [5.41, 5.74) is 4.23. The van der Waals surface area contributed by atoms with E-state index in [0.717, 1.165) is 17.5 Å². The van der Waals surface area contributed by atoms with Crippen LogP contribution in [-0.2, 0) is 0 Å². The molecular formula is C15H15ClO. The molecule has 0 heterocycles. The Morgan fingerprint density at radius 1 is 1.41 bits per heavy atom. The fraction of sp³-hybridized carbons (Fsp3) is 0.267. The smallest absolute Gasteiger partial charge is 0.163 e. The molecule has 88 valence electrons. The van der Waals surface area contributed by atoms with Gasteiger partial charge in [0.1, 0.15) is 0 Å².